The molecule has 0 fully saturated rings. The molecule has 0 saturated carbocycles. The van der Waals surface area contributed by atoms with Crippen molar-refractivity contribution in [2.24, 2.45) is 5.92 Å². The molecule has 21 heavy (non-hydrogen) atoms. The van der Waals surface area contributed by atoms with Crippen LogP contribution in [0, 0.1) is 17.6 Å². The van der Waals surface area contributed by atoms with Gasteiger partial charge in [0.2, 0.25) is 0 Å². The Morgan fingerprint density at radius 1 is 1.33 bits per heavy atom. The third-order valence-electron chi connectivity index (χ3n) is 2.59. The van der Waals surface area contributed by atoms with Crippen LogP contribution in [0.15, 0.2) is 18.2 Å². The van der Waals surface area contributed by atoms with Gasteiger partial charge in [0, 0.05) is 6.07 Å². The van der Waals surface area contributed by atoms with Crippen LogP contribution in [-0.4, -0.2) is 29.6 Å². The van der Waals surface area contributed by atoms with Crippen LogP contribution in [0.5, 0.6) is 5.75 Å². The van der Waals surface area contributed by atoms with Gasteiger partial charge in [0.1, 0.15) is 11.9 Å². The zero-order valence-electron chi connectivity index (χ0n) is 11.7. The number of aliphatic carboxylic acids is 1. The maximum Gasteiger partial charge on any atom is 0.326 e. The Balaban J connectivity index is 2.54. The second kappa shape index (κ2) is 7.56. The van der Waals surface area contributed by atoms with Crippen LogP contribution >= 0.6 is 0 Å². The van der Waals surface area contributed by atoms with Gasteiger partial charge >= 0.3 is 5.97 Å². The summed E-state index contributed by atoms with van der Waals surface area (Å²) < 4.78 is 30.9. The third kappa shape index (κ3) is 5.76. The van der Waals surface area contributed by atoms with E-state index in [0.29, 0.717) is 6.07 Å². The number of carbonyl (C=O) groups excluding carboxylic acids is 1. The average molecular weight is 301 g/mol. The molecule has 0 unspecified atom stereocenters. The molecule has 0 aromatic heterocycles. The summed E-state index contributed by atoms with van der Waals surface area (Å²) in [4.78, 5) is 22.6. The topological polar surface area (TPSA) is 75.6 Å². The Morgan fingerprint density at radius 3 is 2.52 bits per heavy atom. The first-order valence-corrected chi connectivity index (χ1v) is 6.39. The Bertz CT molecular complexity index is 520. The molecule has 1 rings (SSSR count). The minimum Gasteiger partial charge on any atom is -0.481 e. The fourth-order valence-corrected chi connectivity index (χ4v) is 1.66. The first-order valence-electron chi connectivity index (χ1n) is 6.39. The highest BCUT2D eigenvalue weighted by Gasteiger charge is 2.21. The van der Waals surface area contributed by atoms with E-state index in [9.17, 15) is 18.4 Å². The van der Waals surface area contributed by atoms with E-state index in [1.54, 1.807) is 0 Å². The summed E-state index contributed by atoms with van der Waals surface area (Å²) in [5.41, 5.74) is 0. The lowest BCUT2D eigenvalue weighted by Crippen LogP contribution is -2.43. The predicted molar refractivity (Wildman–Crippen MR) is 70.9 cm³/mol. The minimum atomic E-state index is -1.15. The number of benzene rings is 1. The smallest absolute Gasteiger partial charge is 0.326 e. The Morgan fingerprint density at radius 2 is 2.00 bits per heavy atom. The number of carbonyl (C=O) groups is 2. The number of rotatable bonds is 7. The van der Waals surface area contributed by atoms with E-state index in [-0.39, 0.29) is 18.1 Å². The maximum absolute atomic E-state index is 13.3. The van der Waals surface area contributed by atoms with Gasteiger partial charge in [-0.15, -0.1) is 0 Å². The number of ether oxygens (including phenoxy) is 1. The van der Waals surface area contributed by atoms with Crippen molar-refractivity contribution in [1.29, 1.82) is 0 Å². The van der Waals surface area contributed by atoms with Crippen LogP contribution in [0.2, 0.25) is 0 Å². The van der Waals surface area contributed by atoms with Gasteiger partial charge in [-0.1, -0.05) is 13.8 Å². The number of carboxylic acid groups (broad SMARTS) is 1. The van der Waals surface area contributed by atoms with Crippen molar-refractivity contribution >= 4 is 11.9 Å². The summed E-state index contributed by atoms with van der Waals surface area (Å²) in [6.45, 7) is 3.10. The molecule has 0 saturated heterocycles. The molecule has 0 heterocycles. The van der Waals surface area contributed by atoms with E-state index in [4.69, 9.17) is 9.84 Å². The molecule has 0 aliphatic heterocycles. The monoisotopic (exact) mass is 301 g/mol. The molecule has 116 valence electrons. The van der Waals surface area contributed by atoms with Gasteiger partial charge in [-0.05, 0) is 24.5 Å². The van der Waals surface area contributed by atoms with Gasteiger partial charge < -0.3 is 15.2 Å². The Hall–Kier alpha value is -2.18. The van der Waals surface area contributed by atoms with E-state index in [1.807, 2.05) is 13.8 Å². The average Bonchev–Trinajstić information content (AvgIpc) is 2.36. The molecule has 0 bridgehead atoms. The lowest BCUT2D eigenvalue weighted by atomic mass is 10.0. The molecular formula is C14H17F2NO4. The van der Waals surface area contributed by atoms with Crippen LogP contribution in [0.25, 0.3) is 0 Å². The van der Waals surface area contributed by atoms with Crippen molar-refractivity contribution in [1.82, 2.24) is 5.32 Å². The number of hydrogen-bond donors (Lipinski definition) is 2. The summed E-state index contributed by atoms with van der Waals surface area (Å²) in [6.07, 6.45) is 0.270. The summed E-state index contributed by atoms with van der Waals surface area (Å²) in [5.74, 6) is -3.71. The van der Waals surface area contributed by atoms with E-state index >= 15 is 0 Å². The van der Waals surface area contributed by atoms with Crippen LogP contribution in [0.4, 0.5) is 8.78 Å². The van der Waals surface area contributed by atoms with Crippen molar-refractivity contribution in [2.45, 2.75) is 26.3 Å². The Kier molecular flexibility index (Phi) is 6.08. The zero-order valence-corrected chi connectivity index (χ0v) is 11.7. The van der Waals surface area contributed by atoms with Gasteiger partial charge in [0.05, 0.1) is 0 Å². The number of halogens is 2. The number of hydrogen-bond acceptors (Lipinski definition) is 3. The molecule has 7 heteroatoms. The van der Waals surface area contributed by atoms with E-state index < -0.39 is 36.2 Å². The molecule has 5 nitrogen and oxygen atoms in total. The highest BCUT2D eigenvalue weighted by atomic mass is 19.1. The summed E-state index contributed by atoms with van der Waals surface area (Å²) in [5, 5.41) is 11.3. The molecule has 0 spiro atoms. The molecule has 1 aromatic rings. The Labute approximate surface area is 120 Å². The SMILES string of the molecule is CC(C)C[C@@H](NC(=O)COc1ccc(F)cc1F)C(=O)O. The van der Waals surface area contributed by atoms with E-state index in [0.717, 1.165) is 12.1 Å². The quantitative estimate of drug-likeness (QED) is 0.807. The van der Waals surface area contributed by atoms with Crippen molar-refractivity contribution in [3.63, 3.8) is 0 Å². The van der Waals surface area contributed by atoms with Crippen molar-refractivity contribution < 1.29 is 28.2 Å². The minimum absolute atomic E-state index is 0.0851. The lowest BCUT2D eigenvalue weighted by molar-refractivity contribution is -0.142. The predicted octanol–water partition coefficient (Wildman–Crippen LogP) is 1.96. The lowest BCUT2D eigenvalue weighted by Gasteiger charge is -2.16. The molecule has 1 amide bonds. The highest BCUT2D eigenvalue weighted by molar-refractivity contribution is 5.84. The first-order chi connectivity index (χ1) is 9.79. The summed E-state index contributed by atoms with van der Waals surface area (Å²) in [6, 6.07) is 1.65. The number of nitrogens with one attached hydrogen (secondary N) is 1. The number of carboxylic acids is 1. The highest BCUT2D eigenvalue weighted by Crippen LogP contribution is 2.17. The summed E-state index contributed by atoms with van der Waals surface area (Å²) >= 11 is 0. The standard InChI is InChI=1S/C14H17F2NO4/c1-8(2)5-11(14(19)20)17-13(18)7-21-12-4-3-9(15)6-10(12)16/h3-4,6,8,11H,5,7H2,1-2H3,(H,17,18)(H,19,20)/t11-/m1/s1. The van der Waals surface area contributed by atoms with Crippen LogP contribution in [-0.2, 0) is 9.59 Å². The number of amides is 1. The van der Waals surface area contributed by atoms with Gasteiger partial charge in [0.25, 0.3) is 5.91 Å². The molecular weight excluding hydrogens is 284 g/mol. The van der Waals surface area contributed by atoms with Gasteiger partial charge in [-0.25, -0.2) is 13.6 Å². The molecule has 2 N–H and O–H groups in total. The van der Waals surface area contributed by atoms with E-state index in [2.05, 4.69) is 5.32 Å². The third-order valence-corrected chi connectivity index (χ3v) is 2.59. The maximum atomic E-state index is 13.3. The molecule has 0 radical (unpaired) electrons. The molecule has 1 aromatic carbocycles. The molecule has 0 aliphatic rings. The van der Waals surface area contributed by atoms with Crippen LogP contribution in [0.3, 0.4) is 0 Å². The van der Waals surface area contributed by atoms with Gasteiger partial charge in [-0.3, -0.25) is 4.79 Å². The first kappa shape index (κ1) is 16.9. The second-order valence-corrected chi connectivity index (χ2v) is 4.95. The van der Waals surface area contributed by atoms with Crippen molar-refractivity contribution in [3.05, 3.63) is 29.8 Å². The van der Waals surface area contributed by atoms with Crippen LogP contribution in [0.1, 0.15) is 20.3 Å². The second-order valence-electron chi connectivity index (χ2n) is 4.95. The molecule has 1 atom stereocenters. The molecule has 0 aliphatic carbocycles. The van der Waals surface area contributed by atoms with Crippen molar-refractivity contribution in [2.75, 3.05) is 6.61 Å². The van der Waals surface area contributed by atoms with Crippen molar-refractivity contribution in [3.8, 4) is 5.75 Å². The fourth-order valence-electron chi connectivity index (χ4n) is 1.66. The zero-order chi connectivity index (χ0) is 16.0. The normalized spacial score (nSPS) is 12.0. The van der Waals surface area contributed by atoms with Gasteiger partial charge in [0.15, 0.2) is 18.2 Å². The fraction of sp³-hybridized carbons (Fsp3) is 0.429. The van der Waals surface area contributed by atoms with Gasteiger partial charge in [-0.2, -0.15) is 0 Å². The largest absolute Gasteiger partial charge is 0.481 e. The summed E-state index contributed by atoms with van der Waals surface area (Å²) in [7, 11) is 0. The van der Waals surface area contributed by atoms with Crippen LogP contribution < -0.4 is 10.1 Å². The van der Waals surface area contributed by atoms with E-state index in [1.165, 1.54) is 0 Å².